The van der Waals surface area contributed by atoms with Crippen LogP contribution in [-0.2, 0) is 0 Å². The average molecular weight is 297 g/mol. The summed E-state index contributed by atoms with van der Waals surface area (Å²) in [4.78, 5) is 0. The molecule has 0 spiro atoms. The first-order valence-electron chi connectivity index (χ1n) is 6.35. The third-order valence-electron chi connectivity index (χ3n) is 2.77. The predicted molar refractivity (Wildman–Crippen MR) is 77.0 cm³/mol. The van der Waals surface area contributed by atoms with Crippen molar-refractivity contribution < 1.29 is 5.11 Å². The van der Waals surface area contributed by atoms with Crippen molar-refractivity contribution in [3.05, 3.63) is 46.5 Å². The SMILES string of the molecule is CCCCCC/C=C/[C@H](O)c1ccccc1Br. The molecule has 1 aromatic rings. The molecular weight excluding hydrogens is 276 g/mol. The maximum atomic E-state index is 9.99. The van der Waals surface area contributed by atoms with Gasteiger partial charge in [0.15, 0.2) is 0 Å². The highest BCUT2D eigenvalue weighted by atomic mass is 79.9. The summed E-state index contributed by atoms with van der Waals surface area (Å²) >= 11 is 3.45. The van der Waals surface area contributed by atoms with Gasteiger partial charge in [0.1, 0.15) is 0 Å². The van der Waals surface area contributed by atoms with Gasteiger partial charge in [-0.05, 0) is 24.5 Å². The highest BCUT2D eigenvalue weighted by molar-refractivity contribution is 9.10. The molecule has 0 bridgehead atoms. The molecular formula is C15H21BrO. The lowest BCUT2D eigenvalue weighted by atomic mass is 10.1. The molecule has 0 aliphatic carbocycles. The van der Waals surface area contributed by atoms with E-state index < -0.39 is 6.10 Å². The molecule has 0 aliphatic heterocycles. The van der Waals surface area contributed by atoms with Crippen LogP contribution < -0.4 is 0 Å². The lowest BCUT2D eigenvalue weighted by molar-refractivity contribution is 0.227. The first-order valence-corrected chi connectivity index (χ1v) is 7.14. The fraction of sp³-hybridized carbons (Fsp3) is 0.467. The van der Waals surface area contributed by atoms with Crippen molar-refractivity contribution in [2.45, 2.75) is 45.1 Å². The van der Waals surface area contributed by atoms with Crippen LogP contribution in [0.3, 0.4) is 0 Å². The molecule has 0 radical (unpaired) electrons. The monoisotopic (exact) mass is 296 g/mol. The molecule has 0 aromatic heterocycles. The number of aliphatic hydroxyl groups excluding tert-OH is 1. The van der Waals surface area contributed by atoms with Crippen LogP contribution in [-0.4, -0.2) is 5.11 Å². The van der Waals surface area contributed by atoms with E-state index in [-0.39, 0.29) is 0 Å². The zero-order chi connectivity index (χ0) is 12.5. The van der Waals surface area contributed by atoms with Gasteiger partial charge in [-0.15, -0.1) is 0 Å². The Morgan fingerprint density at radius 1 is 1.24 bits per heavy atom. The van der Waals surface area contributed by atoms with Gasteiger partial charge in [-0.25, -0.2) is 0 Å². The molecule has 1 nitrogen and oxygen atoms in total. The van der Waals surface area contributed by atoms with E-state index in [4.69, 9.17) is 0 Å². The Bertz CT molecular complexity index is 347. The summed E-state index contributed by atoms with van der Waals surface area (Å²) in [5.41, 5.74) is 0.928. The number of halogens is 1. The Morgan fingerprint density at radius 3 is 2.71 bits per heavy atom. The van der Waals surface area contributed by atoms with E-state index in [9.17, 15) is 5.11 Å². The summed E-state index contributed by atoms with van der Waals surface area (Å²) in [6.07, 6.45) is 9.59. The summed E-state index contributed by atoms with van der Waals surface area (Å²) in [6, 6.07) is 7.79. The molecule has 2 heteroatoms. The molecule has 17 heavy (non-hydrogen) atoms. The molecule has 0 saturated heterocycles. The van der Waals surface area contributed by atoms with Crippen molar-refractivity contribution in [3.8, 4) is 0 Å². The number of aliphatic hydroxyl groups is 1. The lowest BCUT2D eigenvalue weighted by Gasteiger charge is -2.07. The van der Waals surface area contributed by atoms with E-state index in [0.29, 0.717) is 0 Å². The van der Waals surface area contributed by atoms with Gasteiger partial charge in [-0.2, -0.15) is 0 Å². The van der Waals surface area contributed by atoms with E-state index in [1.165, 1.54) is 25.7 Å². The van der Waals surface area contributed by atoms with E-state index >= 15 is 0 Å². The molecule has 0 saturated carbocycles. The third-order valence-corrected chi connectivity index (χ3v) is 3.49. The van der Waals surface area contributed by atoms with Crippen molar-refractivity contribution in [1.29, 1.82) is 0 Å². The van der Waals surface area contributed by atoms with Gasteiger partial charge in [0.2, 0.25) is 0 Å². The van der Waals surface area contributed by atoms with Crippen LogP contribution in [0.15, 0.2) is 40.9 Å². The molecule has 0 aliphatic rings. The fourth-order valence-corrected chi connectivity index (χ4v) is 2.25. The van der Waals surface area contributed by atoms with Crippen molar-refractivity contribution in [2.75, 3.05) is 0 Å². The first kappa shape index (κ1) is 14.5. The second kappa shape index (κ2) is 8.48. The third kappa shape index (κ3) is 5.51. The largest absolute Gasteiger partial charge is 0.384 e. The second-order valence-corrected chi connectivity index (χ2v) is 5.10. The van der Waals surface area contributed by atoms with E-state index in [2.05, 4.69) is 28.9 Å². The average Bonchev–Trinajstić information content (AvgIpc) is 2.34. The fourth-order valence-electron chi connectivity index (χ4n) is 1.73. The summed E-state index contributed by atoms with van der Waals surface area (Å²) in [7, 11) is 0. The van der Waals surface area contributed by atoms with Crippen LogP contribution >= 0.6 is 15.9 Å². The molecule has 0 fully saturated rings. The molecule has 1 N–H and O–H groups in total. The summed E-state index contributed by atoms with van der Waals surface area (Å²) in [5, 5.41) is 9.99. The number of unbranched alkanes of at least 4 members (excludes halogenated alkanes) is 4. The quantitative estimate of drug-likeness (QED) is 0.554. The Kier molecular flexibility index (Phi) is 7.22. The number of allylic oxidation sites excluding steroid dienone is 1. The van der Waals surface area contributed by atoms with Gasteiger partial charge in [0.25, 0.3) is 0 Å². The minimum atomic E-state index is -0.503. The van der Waals surface area contributed by atoms with Gasteiger partial charge in [0, 0.05) is 4.47 Å². The predicted octanol–water partition coefficient (Wildman–Crippen LogP) is 5.01. The van der Waals surface area contributed by atoms with Crippen LogP contribution in [0.5, 0.6) is 0 Å². The molecule has 94 valence electrons. The maximum absolute atomic E-state index is 9.99. The Morgan fingerprint density at radius 2 is 2.00 bits per heavy atom. The number of rotatable bonds is 7. The van der Waals surface area contributed by atoms with Crippen LogP contribution in [0.1, 0.15) is 50.7 Å². The molecule has 1 atom stereocenters. The summed E-state index contributed by atoms with van der Waals surface area (Å²) < 4.78 is 0.961. The molecule has 1 rings (SSSR count). The van der Waals surface area contributed by atoms with Crippen LogP contribution in [0.2, 0.25) is 0 Å². The van der Waals surface area contributed by atoms with Crippen LogP contribution in [0, 0.1) is 0 Å². The van der Waals surface area contributed by atoms with Gasteiger partial charge in [-0.3, -0.25) is 0 Å². The minimum absolute atomic E-state index is 0.503. The highest BCUT2D eigenvalue weighted by Gasteiger charge is 2.05. The Labute approximate surface area is 113 Å². The van der Waals surface area contributed by atoms with Crippen molar-refractivity contribution in [1.82, 2.24) is 0 Å². The first-order chi connectivity index (χ1) is 8.25. The van der Waals surface area contributed by atoms with Crippen molar-refractivity contribution in [2.24, 2.45) is 0 Å². The highest BCUT2D eigenvalue weighted by Crippen LogP contribution is 2.23. The Balaban J connectivity index is 2.36. The van der Waals surface area contributed by atoms with Gasteiger partial charge in [-0.1, -0.05) is 72.5 Å². The standard InChI is InChI=1S/C15H21BrO/c1-2-3-4-5-6-7-12-15(17)13-10-8-9-11-14(13)16/h7-12,15,17H,2-6H2,1H3/b12-7+/t15-/m0/s1. The molecule has 0 unspecified atom stereocenters. The van der Waals surface area contributed by atoms with Crippen LogP contribution in [0.4, 0.5) is 0 Å². The number of benzene rings is 1. The molecule has 0 amide bonds. The zero-order valence-electron chi connectivity index (χ0n) is 10.4. The maximum Gasteiger partial charge on any atom is 0.0982 e. The Hall–Kier alpha value is -0.600. The van der Waals surface area contributed by atoms with Crippen molar-refractivity contribution in [3.63, 3.8) is 0 Å². The minimum Gasteiger partial charge on any atom is -0.384 e. The topological polar surface area (TPSA) is 20.2 Å². The van der Waals surface area contributed by atoms with Gasteiger partial charge in [0.05, 0.1) is 6.10 Å². The summed E-state index contributed by atoms with van der Waals surface area (Å²) in [5.74, 6) is 0. The molecule has 0 heterocycles. The normalized spacial score (nSPS) is 13.1. The second-order valence-electron chi connectivity index (χ2n) is 4.24. The van der Waals surface area contributed by atoms with E-state index in [0.717, 1.165) is 16.5 Å². The van der Waals surface area contributed by atoms with Gasteiger partial charge < -0.3 is 5.11 Å². The van der Waals surface area contributed by atoms with Crippen molar-refractivity contribution >= 4 is 15.9 Å². The smallest absolute Gasteiger partial charge is 0.0982 e. The van der Waals surface area contributed by atoms with Gasteiger partial charge >= 0.3 is 0 Å². The molecule has 1 aromatic carbocycles. The number of hydrogen-bond donors (Lipinski definition) is 1. The summed E-state index contributed by atoms with van der Waals surface area (Å²) in [6.45, 7) is 2.21. The van der Waals surface area contributed by atoms with E-state index in [1.807, 2.05) is 30.3 Å². The van der Waals surface area contributed by atoms with Crippen LogP contribution in [0.25, 0.3) is 0 Å². The number of hydrogen-bond acceptors (Lipinski definition) is 1. The lowest BCUT2D eigenvalue weighted by Crippen LogP contribution is -1.93. The zero-order valence-corrected chi connectivity index (χ0v) is 12.0. The van der Waals surface area contributed by atoms with E-state index in [1.54, 1.807) is 0 Å².